The third-order valence-electron chi connectivity index (χ3n) is 5.07. The predicted molar refractivity (Wildman–Crippen MR) is 123 cm³/mol. The number of halogens is 2. The molecule has 0 spiro atoms. The van der Waals surface area contributed by atoms with Crippen LogP contribution in [0.3, 0.4) is 0 Å². The van der Waals surface area contributed by atoms with E-state index < -0.39 is 5.97 Å². The molecule has 0 radical (unpaired) electrons. The van der Waals surface area contributed by atoms with Gasteiger partial charge in [0.25, 0.3) is 0 Å². The average Bonchev–Trinajstić information content (AvgIpc) is 3.23. The van der Waals surface area contributed by atoms with Gasteiger partial charge in [-0.15, -0.1) is 0 Å². The van der Waals surface area contributed by atoms with E-state index in [1.807, 2.05) is 18.2 Å². The SMILES string of the molecule is O=C(CCC1CCCC1)N/C(=C\c1ccc(Oc2ccc(Br)cc2Br)cc1)C(=O)O. The number of carboxylic acids is 1. The molecule has 1 saturated carbocycles. The lowest BCUT2D eigenvalue weighted by molar-refractivity contribution is -0.134. The lowest BCUT2D eigenvalue weighted by Gasteiger charge is -2.10. The van der Waals surface area contributed by atoms with Crippen molar-refractivity contribution in [1.29, 1.82) is 0 Å². The molecular formula is C23H23Br2NO4. The van der Waals surface area contributed by atoms with Crippen LogP contribution in [-0.2, 0) is 9.59 Å². The van der Waals surface area contributed by atoms with Crippen LogP contribution in [-0.4, -0.2) is 17.0 Å². The summed E-state index contributed by atoms with van der Waals surface area (Å²) in [6.07, 6.45) is 7.41. The maximum absolute atomic E-state index is 12.2. The van der Waals surface area contributed by atoms with E-state index in [9.17, 15) is 14.7 Å². The molecule has 1 aliphatic rings. The van der Waals surface area contributed by atoms with Crippen molar-refractivity contribution < 1.29 is 19.4 Å². The first kappa shape index (κ1) is 22.6. The maximum Gasteiger partial charge on any atom is 0.352 e. The Morgan fingerprint density at radius 2 is 1.80 bits per heavy atom. The highest BCUT2D eigenvalue weighted by atomic mass is 79.9. The summed E-state index contributed by atoms with van der Waals surface area (Å²) in [7, 11) is 0. The second-order valence-corrected chi connectivity index (χ2v) is 9.12. The number of aliphatic carboxylic acids is 1. The van der Waals surface area contributed by atoms with Gasteiger partial charge in [0.1, 0.15) is 17.2 Å². The lowest BCUT2D eigenvalue weighted by Crippen LogP contribution is -2.27. The number of carboxylic acid groups (broad SMARTS) is 1. The third kappa shape index (κ3) is 6.71. The summed E-state index contributed by atoms with van der Waals surface area (Å²) in [6.45, 7) is 0. The molecule has 3 rings (SSSR count). The van der Waals surface area contributed by atoms with Crippen molar-refractivity contribution in [2.24, 2.45) is 5.92 Å². The summed E-state index contributed by atoms with van der Waals surface area (Å²) in [5, 5.41) is 12.0. The van der Waals surface area contributed by atoms with Crippen molar-refractivity contribution in [3.05, 3.63) is 62.7 Å². The topological polar surface area (TPSA) is 75.6 Å². The molecule has 7 heteroatoms. The minimum Gasteiger partial charge on any atom is -0.477 e. The van der Waals surface area contributed by atoms with Gasteiger partial charge in [-0.3, -0.25) is 4.79 Å². The summed E-state index contributed by atoms with van der Waals surface area (Å²) in [4.78, 5) is 23.7. The number of hydrogen-bond acceptors (Lipinski definition) is 3. The Kier molecular flexibility index (Phi) is 8.10. The molecule has 2 aromatic rings. The number of rotatable bonds is 8. The van der Waals surface area contributed by atoms with E-state index in [1.54, 1.807) is 24.3 Å². The summed E-state index contributed by atoms with van der Waals surface area (Å²) in [5.41, 5.74) is 0.529. The molecule has 2 N–H and O–H groups in total. The standard InChI is InChI=1S/C23H23Br2NO4/c24-17-8-11-21(19(25)14-17)30-18-9-5-16(6-10-18)13-20(23(28)29)26-22(27)12-7-15-3-1-2-4-15/h5-6,8-11,13-15H,1-4,7,12H2,(H,26,27)(H,28,29)/b20-13-. The molecule has 158 valence electrons. The molecule has 0 aliphatic heterocycles. The van der Waals surface area contributed by atoms with Crippen LogP contribution in [0.4, 0.5) is 0 Å². The van der Waals surface area contributed by atoms with Gasteiger partial charge in [0.15, 0.2) is 0 Å². The Balaban J connectivity index is 1.62. The van der Waals surface area contributed by atoms with Gasteiger partial charge < -0.3 is 15.2 Å². The Morgan fingerprint density at radius 3 is 2.43 bits per heavy atom. The van der Waals surface area contributed by atoms with Gasteiger partial charge in [0.05, 0.1) is 4.47 Å². The van der Waals surface area contributed by atoms with Crippen LogP contribution in [0.2, 0.25) is 0 Å². The van der Waals surface area contributed by atoms with E-state index in [2.05, 4.69) is 37.2 Å². The number of carbonyl (C=O) groups is 2. The van der Waals surface area contributed by atoms with E-state index in [0.717, 1.165) is 15.4 Å². The number of carbonyl (C=O) groups excluding carboxylic acids is 1. The van der Waals surface area contributed by atoms with Crippen molar-refractivity contribution >= 4 is 49.8 Å². The van der Waals surface area contributed by atoms with Gasteiger partial charge in [-0.05, 0) is 70.2 Å². The van der Waals surface area contributed by atoms with Crippen LogP contribution in [0, 0.1) is 5.92 Å². The van der Waals surface area contributed by atoms with E-state index in [0.29, 0.717) is 29.4 Å². The van der Waals surface area contributed by atoms with Gasteiger partial charge >= 0.3 is 5.97 Å². The van der Waals surface area contributed by atoms with E-state index >= 15 is 0 Å². The fourth-order valence-corrected chi connectivity index (χ4v) is 4.61. The van der Waals surface area contributed by atoms with E-state index in [-0.39, 0.29) is 11.6 Å². The van der Waals surface area contributed by atoms with Crippen molar-refractivity contribution in [3.8, 4) is 11.5 Å². The molecule has 1 amide bonds. The molecular weight excluding hydrogens is 514 g/mol. The predicted octanol–water partition coefficient (Wildman–Crippen LogP) is 6.52. The van der Waals surface area contributed by atoms with Gasteiger partial charge in [-0.25, -0.2) is 4.79 Å². The molecule has 0 aromatic heterocycles. The van der Waals surface area contributed by atoms with Crippen molar-refractivity contribution in [2.75, 3.05) is 0 Å². The Bertz CT molecular complexity index is 935. The van der Waals surface area contributed by atoms with Crippen LogP contribution >= 0.6 is 31.9 Å². The second-order valence-electron chi connectivity index (χ2n) is 7.35. The molecule has 0 bridgehead atoms. The highest BCUT2D eigenvalue weighted by Gasteiger charge is 2.17. The number of ether oxygens (including phenoxy) is 1. The molecule has 1 aliphatic carbocycles. The van der Waals surface area contributed by atoms with Crippen molar-refractivity contribution in [1.82, 2.24) is 5.32 Å². The number of nitrogens with one attached hydrogen (secondary N) is 1. The minimum absolute atomic E-state index is 0.129. The molecule has 5 nitrogen and oxygen atoms in total. The van der Waals surface area contributed by atoms with Crippen LogP contribution in [0.15, 0.2) is 57.1 Å². The van der Waals surface area contributed by atoms with Crippen molar-refractivity contribution in [2.45, 2.75) is 38.5 Å². The third-order valence-corrected chi connectivity index (χ3v) is 6.18. The molecule has 0 unspecified atom stereocenters. The molecule has 0 saturated heterocycles. The maximum atomic E-state index is 12.2. The number of hydrogen-bond donors (Lipinski definition) is 2. The lowest BCUT2D eigenvalue weighted by atomic mass is 10.0. The molecule has 30 heavy (non-hydrogen) atoms. The Hall–Kier alpha value is -2.12. The molecule has 2 aromatic carbocycles. The quantitative estimate of drug-likeness (QED) is 0.377. The fraction of sp³-hybridized carbons (Fsp3) is 0.304. The highest BCUT2D eigenvalue weighted by molar-refractivity contribution is 9.11. The monoisotopic (exact) mass is 535 g/mol. The summed E-state index contributed by atoms with van der Waals surface area (Å²) >= 11 is 6.85. The zero-order valence-electron chi connectivity index (χ0n) is 16.4. The Labute approximate surface area is 192 Å². The first-order valence-corrected chi connectivity index (χ1v) is 11.5. The minimum atomic E-state index is -1.16. The van der Waals surface area contributed by atoms with Gasteiger partial charge in [-0.1, -0.05) is 53.7 Å². The zero-order valence-corrected chi connectivity index (χ0v) is 19.5. The first-order chi connectivity index (χ1) is 14.4. The normalized spacial score (nSPS) is 14.5. The van der Waals surface area contributed by atoms with Crippen LogP contribution in [0.1, 0.15) is 44.1 Å². The average molecular weight is 537 g/mol. The van der Waals surface area contributed by atoms with Crippen LogP contribution < -0.4 is 10.1 Å². The highest BCUT2D eigenvalue weighted by Crippen LogP contribution is 2.32. The van der Waals surface area contributed by atoms with Crippen LogP contribution in [0.25, 0.3) is 6.08 Å². The smallest absolute Gasteiger partial charge is 0.352 e. The molecule has 0 heterocycles. The number of benzene rings is 2. The molecule has 1 fully saturated rings. The molecule has 0 atom stereocenters. The number of amides is 1. The summed E-state index contributed by atoms with van der Waals surface area (Å²) < 4.78 is 7.60. The van der Waals surface area contributed by atoms with Gasteiger partial charge in [0.2, 0.25) is 5.91 Å². The fourth-order valence-electron chi connectivity index (χ4n) is 3.48. The van der Waals surface area contributed by atoms with Gasteiger partial charge in [0, 0.05) is 10.9 Å². The van der Waals surface area contributed by atoms with Crippen LogP contribution in [0.5, 0.6) is 11.5 Å². The van der Waals surface area contributed by atoms with E-state index in [4.69, 9.17) is 4.74 Å². The Morgan fingerprint density at radius 1 is 1.10 bits per heavy atom. The van der Waals surface area contributed by atoms with E-state index in [1.165, 1.54) is 31.8 Å². The summed E-state index contributed by atoms with van der Waals surface area (Å²) in [6, 6.07) is 12.6. The summed E-state index contributed by atoms with van der Waals surface area (Å²) in [5.74, 6) is 0.458. The van der Waals surface area contributed by atoms with Crippen molar-refractivity contribution in [3.63, 3.8) is 0 Å². The first-order valence-electron chi connectivity index (χ1n) is 9.88. The largest absolute Gasteiger partial charge is 0.477 e. The second kappa shape index (κ2) is 10.8. The zero-order chi connectivity index (χ0) is 21.5. The van der Waals surface area contributed by atoms with Gasteiger partial charge in [-0.2, -0.15) is 0 Å².